The zero-order valence-electron chi connectivity index (χ0n) is 8.31. The third kappa shape index (κ3) is 1.77. The highest BCUT2D eigenvalue weighted by Gasteiger charge is 2.14. The summed E-state index contributed by atoms with van der Waals surface area (Å²) in [6.07, 6.45) is 1.37. The van der Waals surface area contributed by atoms with Crippen molar-refractivity contribution in [2.45, 2.75) is 6.92 Å². The predicted octanol–water partition coefficient (Wildman–Crippen LogP) is 2.70. The minimum Gasteiger partial charge on any atom is -0.441 e. The largest absolute Gasteiger partial charge is 0.441 e. The van der Waals surface area contributed by atoms with Crippen molar-refractivity contribution in [2.75, 3.05) is 0 Å². The van der Waals surface area contributed by atoms with Crippen LogP contribution in [0, 0.1) is 22.9 Å². The van der Waals surface area contributed by atoms with E-state index in [2.05, 4.69) is 4.98 Å². The van der Waals surface area contributed by atoms with E-state index in [4.69, 9.17) is 4.42 Å². The molecule has 0 aliphatic heterocycles. The van der Waals surface area contributed by atoms with Crippen molar-refractivity contribution in [3.63, 3.8) is 0 Å². The van der Waals surface area contributed by atoms with E-state index in [0.29, 0.717) is 5.89 Å². The van der Waals surface area contributed by atoms with Gasteiger partial charge in [0.15, 0.2) is 11.7 Å². The van der Waals surface area contributed by atoms with Crippen molar-refractivity contribution >= 4 is 5.69 Å². The summed E-state index contributed by atoms with van der Waals surface area (Å²) in [6, 6.07) is 3.37. The monoisotopic (exact) mass is 222 g/mol. The van der Waals surface area contributed by atoms with Gasteiger partial charge in [0, 0.05) is 13.0 Å². The summed E-state index contributed by atoms with van der Waals surface area (Å²) >= 11 is 0. The van der Waals surface area contributed by atoms with E-state index in [1.54, 1.807) is 6.92 Å². The molecule has 0 N–H and O–H groups in total. The van der Waals surface area contributed by atoms with Gasteiger partial charge in [0.1, 0.15) is 5.82 Å². The lowest BCUT2D eigenvalue weighted by Crippen LogP contribution is -1.90. The number of aryl methyl sites for hydroxylation is 1. The van der Waals surface area contributed by atoms with Crippen LogP contribution in [0.3, 0.4) is 0 Å². The van der Waals surface area contributed by atoms with E-state index < -0.39 is 10.7 Å². The third-order valence-electron chi connectivity index (χ3n) is 2.05. The molecule has 6 heteroatoms. The summed E-state index contributed by atoms with van der Waals surface area (Å²) in [6.45, 7) is 1.63. The van der Waals surface area contributed by atoms with Crippen molar-refractivity contribution in [3.05, 3.63) is 46.2 Å². The van der Waals surface area contributed by atoms with E-state index >= 15 is 0 Å². The van der Waals surface area contributed by atoms with E-state index in [1.165, 1.54) is 18.3 Å². The van der Waals surface area contributed by atoms with E-state index in [0.717, 1.165) is 6.07 Å². The van der Waals surface area contributed by atoms with Gasteiger partial charge in [0.25, 0.3) is 5.69 Å². The lowest BCUT2D eigenvalue weighted by atomic mass is 10.1. The molecule has 0 spiro atoms. The number of oxazole rings is 1. The van der Waals surface area contributed by atoms with Gasteiger partial charge in [-0.2, -0.15) is 0 Å². The molecular formula is C10H7FN2O3. The van der Waals surface area contributed by atoms with E-state index in [-0.39, 0.29) is 17.0 Å². The Bertz CT molecular complexity index is 551. The molecule has 2 aromatic rings. The van der Waals surface area contributed by atoms with Crippen LogP contribution in [0.2, 0.25) is 0 Å². The van der Waals surface area contributed by atoms with E-state index in [9.17, 15) is 14.5 Å². The van der Waals surface area contributed by atoms with Gasteiger partial charge in [-0.1, -0.05) is 0 Å². The van der Waals surface area contributed by atoms with Crippen molar-refractivity contribution in [3.8, 4) is 11.3 Å². The number of benzene rings is 1. The number of halogens is 1. The Hall–Kier alpha value is -2.24. The zero-order chi connectivity index (χ0) is 11.7. The minimum atomic E-state index is -0.703. The lowest BCUT2D eigenvalue weighted by molar-refractivity contribution is -0.385. The average molecular weight is 222 g/mol. The maximum absolute atomic E-state index is 13.5. The number of hydrogen-bond donors (Lipinski definition) is 0. The third-order valence-corrected chi connectivity index (χ3v) is 2.05. The molecule has 0 bridgehead atoms. The Kier molecular flexibility index (Phi) is 2.40. The molecule has 0 radical (unpaired) electrons. The van der Waals surface area contributed by atoms with Crippen LogP contribution < -0.4 is 0 Å². The molecule has 1 aromatic heterocycles. The molecule has 1 aromatic carbocycles. The highest BCUT2D eigenvalue weighted by atomic mass is 19.1. The molecule has 1 heterocycles. The van der Waals surface area contributed by atoms with Crippen LogP contribution in [0.5, 0.6) is 0 Å². The Balaban J connectivity index is 2.47. The van der Waals surface area contributed by atoms with Gasteiger partial charge in [0.05, 0.1) is 22.7 Å². The molecule has 2 rings (SSSR count). The molecule has 0 unspecified atom stereocenters. The number of nitrogens with zero attached hydrogens (tertiary/aromatic N) is 2. The highest BCUT2D eigenvalue weighted by molar-refractivity contribution is 5.59. The van der Waals surface area contributed by atoms with E-state index in [1.807, 2.05) is 0 Å². The maximum Gasteiger partial charge on any atom is 0.272 e. The molecule has 0 fully saturated rings. The number of aromatic nitrogens is 1. The molecule has 0 aliphatic rings. The number of hydrogen-bond acceptors (Lipinski definition) is 4. The topological polar surface area (TPSA) is 69.2 Å². The van der Waals surface area contributed by atoms with Gasteiger partial charge in [-0.15, -0.1) is 0 Å². The van der Waals surface area contributed by atoms with Crippen LogP contribution in [0.25, 0.3) is 11.3 Å². The first-order chi connectivity index (χ1) is 7.58. The molecule has 82 valence electrons. The molecule has 0 saturated carbocycles. The Morgan fingerprint density at radius 1 is 1.50 bits per heavy atom. The second kappa shape index (κ2) is 3.73. The summed E-state index contributed by atoms with van der Waals surface area (Å²) in [5, 5.41) is 10.4. The van der Waals surface area contributed by atoms with Gasteiger partial charge < -0.3 is 4.42 Å². The van der Waals surface area contributed by atoms with Crippen LogP contribution in [0.4, 0.5) is 10.1 Å². The normalized spacial score (nSPS) is 10.4. The molecular weight excluding hydrogens is 215 g/mol. The standard InChI is InChI=1S/C10H7FN2O3/c1-6-12-5-10(16-6)8-3-2-7(13(14)15)4-9(8)11/h2-5H,1H3. The zero-order valence-corrected chi connectivity index (χ0v) is 8.31. The lowest BCUT2D eigenvalue weighted by Gasteiger charge is -1.98. The molecule has 0 atom stereocenters. The van der Waals surface area contributed by atoms with Gasteiger partial charge in [-0.05, 0) is 6.07 Å². The summed E-state index contributed by atoms with van der Waals surface area (Å²) in [5.74, 6) is -0.0389. The maximum atomic E-state index is 13.5. The van der Waals surface area contributed by atoms with Gasteiger partial charge in [-0.3, -0.25) is 10.1 Å². The fourth-order valence-corrected chi connectivity index (χ4v) is 1.30. The van der Waals surface area contributed by atoms with Crippen molar-refractivity contribution in [1.82, 2.24) is 4.98 Å². The summed E-state index contributed by atoms with van der Waals surface area (Å²) in [7, 11) is 0. The predicted molar refractivity (Wildman–Crippen MR) is 53.3 cm³/mol. The first kappa shape index (κ1) is 10.3. The van der Waals surface area contributed by atoms with Crippen molar-refractivity contribution in [2.24, 2.45) is 0 Å². The number of nitro groups is 1. The first-order valence-electron chi connectivity index (χ1n) is 4.44. The second-order valence-electron chi connectivity index (χ2n) is 3.16. The van der Waals surface area contributed by atoms with Gasteiger partial charge >= 0.3 is 0 Å². The van der Waals surface area contributed by atoms with Crippen LogP contribution in [-0.2, 0) is 0 Å². The fraction of sp³-hybridized carbons (Fsp3) is 0.100. The van der Waals surface area contributed by atoms with Crippen molar-refractivity contribution in [1.29, 1.82) is 0 Å². The summed E-state index contributed by atoms with van der Waals surface area (Å²) in [5.41, 5.74) is -0.135. The molecule has 16 heavy (non-hydrogen) atoms. The van der Waals surface area contributed by atoms with Crippen LogP contribution in [-0.4, -0.2) is 9.91 Å². The number of nitro benzene ring substituents is 1. The highest BCUT2D eigenvalue weighted by Crippen LogP contribution is 2.26. The number of rotatable bonds is 2. The minimum absolute atomic E-state index is 0.159. The summed E-state index contributed by atoms with van der Waals surface area (Å²) < 4.78 is 18.6. The SMILES string of the molecule is Cc1ncc(-c2ccc([N+](=O)[O-])cc2F)o1. The quantitative estimate of drug-likeness (QED) is 0.578. The number of non-ortho nitro benzene ring substituents is 1. The van der Waals surface area contributed by atoms with Crippen molar-refractivity contribution < 1.29 is 13.7 Å². The molecule has 0 amide bonds. The van der Waals surface area contributed by atoms with Crippen LogP contribution in [0.15, 0.2) is 28.8 Å². The smallest absolute Gasteiger partial charge is 0.272 e. The fourth-order valence-electron chi connectivity index (χ4n) is 1.30. The van der Waals surface area contributed by atoms with Crippen LogP contribution in [0.1, 0.15) is 5.89 Å². The van der Waals surface area contributed by atoms with Gasteiger partial charge in [0.2, 0.25) is 0 Å². The van der Waals surface area contributed by atoms with Crippen LogP contribution >= 0.6 is 0 Å². The Morgan fingerprint density at radius 3 is 2.75 bits per heavy atom. The molecule has 0 saturated heterocycles. The molecule has 5 nitrogen and oxygen atoms in total. The Labute approximate surface area is 89.7 Å². The molecule has 0 aliphatic carbocycles. The first-order valence-corrected chi connectivity index (χ1v) is 4.44. The Morgan fingerprint density at radius 2 is 2.25 bits per heavy atom. The summed E-state index contributed by atoms with van der Waals surface area (Å²) in [4.78, 5) is 13.6. The average Bonchev–Trinajstić information content (AvgIpc) is 2.64. The van der Waals surface area contributed by atoms with Gasteiger partial charge in [-0.25, -0.2) is 9.37 Å². The second-order valence-corrected chi connectivity index (χ2v) is 3.16.